The Morgan fingerprint density at radius 2 is 1.78 bits per heavy atom. The number of ether oxygens (including phenoxy) is 1. The van der Waals surface area contributed by atoms with Gasteiger partial charge in [-0.25, -0.2) is 0 Å². The van der Waals surface area contributed by atoms with Crippen molar-refractivity contribution in [2.45, 2.75) is 82.3 Å². The number of esters is 1. The van der Waals surface area contributed by atoms with Gasteiger partial charge in [0.15, 0.2) is 0 Å². The summed E-state index contributed by atoms with van der Waals surface area (Å²) >= 11 is 4.26. The van der Waals surface area contributed by atoms with Crippen LogP contribution in [0.1, 0.15) is 72.1 Å². The molecule has 0 bridgehead atoms. The van der Waals surface area contributed by atoms with Gasteiger partial charge in [0.2, 0.25) is 0 Å². The largest absolute Gasteiger partial charge is 0.462 e. The molecule has 152 valence electrons. The molecule has 4 aliphatic carbocycles. The van der Waals surface area contributed by atoms with Gasteiger partial charge in [0.05, 0.1) is 4.08 Å². The van der Waals surface area contributed by atoms with Gasteiger partial charge in [0, 0.05) is 13.3 Å². The predicted molar refractivity (Wildman–Crippen MR) is 117 cm³/mol. The molecule has 27 heavy (non-hydrogen) atoms. The van der Waals surface area contributed by atoms with E-state index in [-0.39, 0.29) is 12.1 Å². The SMILES string of the molecule is CSC1(SC)CCC2C3CC=C4CC(OC(C)=O)CCC4(C)C3CCC21C. The maximum absolute atomic E-state index is 11.4. The molecule has 4 heteroatoms. The van der Waals surface area contributed by atoms with Gasteiger partial charge in [0.25, 0.3) is 0 Å². The lowest BCUT2D eigenvalue weighted by Crippen LogP contribution is -2.53. The highest BCUT2D eigenvalue weighted by atomic mass is 32.2. The van der Waals surface area contributed by atoms with Gasteiger partial charge in [-0.3, -0.25) is 4.79 Å². The molecule has 0 amide bonds. The Morgan fingerprint density at radius 1 is 1.07 bits per heavy atom. The zero-order valence-corrected chi connectivity index (χ0v) is 19.3. The molecule has 3 fully saturated rings. The highest BCUT2D eigenvalue weighted by molar-refractivity contribution is 8.17. The second kappa shape index (κ2) is 7.00. The monoisotopic (exact) mass is 408 g/mol. The second-order valence-corrected chi connectivity index (χ2v) is 12.4. The van der Waals surface area contributed by atoms with Gasteiger partial charge < -0.3 is 4.74 Å². The van der Waals surface area contributed by atoms with Crippen molar-refractivity contribution in [1.82, 2.24) is 0 Å². The Kier molecular flexibility index (Phi) is 5.24. The standard InChI is InChI=1S/C23H36O2S2/c1-15(24)25-17-8-11-21(2)16(14-17)6-7-18-19(21)9-12-22(3)20(18)10-13-23(22,26-4)27-5/h6,17-20H,7-14H2,1-5H3. The maximum Gasteiger partial charge on any atom is 0.302 e. The average molecular weight is 409 g/mol. The van der Waals surface area contributed by atoms with Gasteiger partial charge >= 0.3 is 5.97 Å². The summed E-state index contributed by atoms with van der Waals surface area (Å²) in [6.45, 7) is 6.70. The van der Waals surface area contributed by atoms with E-state index in [1.54, 1.807) is 12.5 Å². The molecule has 0 aromatic carbocycles. The average Bonchev–Trinajstić information content (AvgIpc) is 2.94. The van der Waals surface area contributed by atoms with E-state index < -0.39 is 0 Å². The number of thioether (sulfide) groups is 2. The highest BCUT2D eigenvalue weighted by Crippen LogP contribution is 2.71. The Hall–Kier alpha value is -0.0900. The van der Waals surface area contributed by atoms with Crippen molar-refractivity contribution in [3.8, 4) is 0 Å². The molecule has 0 aromatic rings. The molecule has 6 atom stereocenters. The summed E-state index contributed by atoms with van der Waals surface area (Å²) in [5, 5.41) is 0. The molecule has 6 unspecified atom stereocenters. The molecular weight excluding hydrogens is 372 g/mol. The van der Waals surface area contributed by atoms with Crippen LogP contribution >= 0.6 is 23.5 Å². The number of fused-ring (bicyclic) bond motifs is 5. The smallest absolute Gasteiger partial charge is 0.302 e. The maximum atomic E-state index is 11.4. The number of carbonyl (C=O) groups is 1. The normalized spacial score (nSPS) is 45.3. The number of carbonyl (C=O) groups excluding carboxylic acids is 1. The van der Waals surface area contributed by atoms with Gasteiger partial charge in [-0.05, 0) is 86.0 Å². The van der Waals surface area contributed by atoms with Gasteiger partial charge in [-0.15, -0.1) is 23.5 Å². The number of rotatable bonds is 3. The summed E-state index contributed by atoms with van der Waals surface area (Å²) in [5.41, 5.74) is 2.41. The first-order valence-electron chi connectivity index (χ1n) is 10.8. The number of allylic oxidation sites excluding steroid dienone is 1. The van der Waals surface area contributed by atoms with E-state index in [1.165, 1.54) is 38.5 Å². The molecule has 0 N–H and O–H groups in total. The van der Waals surface area contributed by atoms with Crippen LogP contribution in [0.15, 0.2) is 11.6 Å². The van der Waals surface area contributed by atoms with Crippen LogP contribution in [-0.4, -0.2) is 28.7 Å². The quantitative estimate of drug-likeness (QED) is 0.311. The Morgan fingerprint density at radius 3 is 2.44 bits per heavy atom. The zero-order chi connectivity index (χ0) is 19.4. The van der Waals surface area contributed by atoms with Crippen LogP contribution in [0.25, 0.3) is 0 Å². The first-order valence-corrected chi connectivity index (χ1v) is 13.2. The van der Waals surface area contributed by atoms with Gasteiger partial charge in [-0.1, -0.05) is 25.5 Å². The van der Waals surface area contributed by atoms with Crippen molar-refractivity contribution in [2.75, 3.05) is 12.5 Å². The molecule has 4 rings (SSSR count). The van der Waals surface area contributed by atoms with Crippen LogP contribution in [0.3, 0.4) is 0 Å². The lowest BCUT2D eigenvalue weighted by Gasteiger charge is -2.59. The lowest BCUT2D eigenvalue weighted by atomic mass is 9.48. The first-order chi connectivity index (χ1) is 12.8. The topological polar surface area (TPSA) is 26.3 Å². The molecule has 0 heterocycles. The molecule has 3 saturated carbocycles. The van der Waals surface area contributed by atoms with Crippen LogP contribution in [-0.2, 0) is 9.53 Å². The summed E-state index contributed by atoms with van der Waals surface area (Å²) < 4.78 is 5.99. The van der Waals surface area contributed by atoms with E-state index in [0.717, 1.165) is 30.6 Å². The summed E-state index contributed by atoms with van der Waals surface area (Å²) in [6, 6.07) is 0. The highest BCUT2D eigenvalue weighted by Gasteiger charge is 2.63. The molecular formula is C23H36O2S2. The van der Waals surface area contributed by atoms with E-state index in [2.05, 4.69) is 56.0 Å². The number of hydrogen-bond acceptors (Lipinski definition) is 4. The van der Waals surface area contributed by atoms with Crippen LogP contribution in [0.2, 0.25) is 0 Å². The lowest BCUT2D eigenvalue weighted by molar-refractivity contribution is -0.148. The minimum Gasteiger partial charge on any atom is -0.462 e. The molecule has 4 aliphatic rings. The van der Waals surface area contributed by atoms with Crippen molar-refractivity contribution in [3.63, 3.8) is 0 Å². The van der Waals surface area contributed by atoms with Crippen molar-refractivity contribution in [3.05, 3.63) is 11.6 Å². The van der Waals surface area contributed by atoms with Crippen molar-refractivity contribution >= 4 is 29.5 Å². The van der Waals surface area contributed by atoms with Crippen molar-refractivity contribution in [1.29, 1.82) is 0 Å². The van der Waals surface area contributed by atoms with Gasteiger partial charge in [0.1, 0.15) is 6.10 Å². The first kappa shape index (κ1) is 20.2. The van der Waals surface area contributed by atoms with Crippen molar-refractivity contribution in [2.24, 2.45) is 28.6 Å². The summed E-state index contributed by atoms with van der Waals surface area (Å²) in [6.07, 6.45) is 17.4. The molecule has 0 aliphatic heterocycles. The fourth-order valence-electron chi connectivity index (χ4n) is 7.67. The van der Waals surface area contributed by atoms with E-state index in [1.807, 2.05) is 0 Å². The van der Waals surface area contributed by atoms with Crippen molar-refractivity contribution < 1.29 is 9.53 Å². The second-order valence-electron chi connectivity index (χ2n) is 9.89. The van der Waals surface area contributed by atoms with E-state index >= 15 is 0 Å². The minimum absolute atomic E-state index is 0.111. The fraction of sp³-hybridized carbons (Fsp3) is 0.870. The Balaban J connectivity index is 1.60. The van der Waals surface area contributed by atoms with E-state index in [9.17, 15) is 4.79 Å². The third-order valence-electron chi connectivity index (χ3n) is 9.10. The van der Waals surface area contributed by atoms with Crippen LogP contribution < -0.4 is 0 Å². The number of hydrogen-bond donors (Lipinski definition) is 0. The van der Waals surface area contributed by atoms with E-state index in [0.29, 0.717) is 14.9 Å². The third-order valence-corrected chi connectivity index (χ3v) is 12.8. The molecule has 0 saturated heterocycles. The molecule has 2 nitrogen and oxygen atoms in total. The zero-order valence-electron chi connectivity index (χ0n) is 17.7. The molecule has 0 aromatic heterocycles. The Labute approximate surface area is 174 Å². The molecule has 0 spiro atoms. The van der Waals surface area contributed by atoms with Gasteiger partial charge in [-0.2, -0.15) is 0 Å². The van der Waals surface area contributed by atoms with Crippen LogP contribution in [0.5, 0.6) is 0 Å². The van der Waals surface area contributed by atoms with E-state index in [4.69, 9.17) is 4.74 Å². The minimum atomic E-state index is -0.122. The summed E-state index contributed by atoms with van der Waals surface area (Å²) in [5.74, 6) is 2.43. The Bertz CT molecular complexity index is 640. The summed E-state index contributed by atoms with van der Waals surface area (Å²) in [4.78, 5) is 11.4. The summed E-state index contributed by atoms with van der Waals surface area (Å²) in [7, 11) is 0. The van der Waals surface area contributed by atoms with Crippen LogP contribution in [0.4, 0.5) is 0 Å². The molecule has 0 radical (unpaired) electrons. The third kappa shape index (κ3) is 2.86. The van der Waals surface area contributed by atoms with Crippen LogP contribution in [0, 0.1) is 28.6 Å². The fourth-order valence-corrected chi connectivity index (χ4v) is 10.4. The predicted octanol–water partition coefficient (Wildman–Crippen LogP) is 6.30.